The third-order valence-electron chi connectivity index (χ3n) is 5.22. The largest absolute Gasteiger partial charge is 0.480 e. The van der Waals surface area contributed by atoms with Gasteiger partial charge in [0.15, 0.2) is 0 Å². The fourth-order valence-corrected chi connectivity index (χ4v) is 3.89. The third-order valence-corrected chi connectivity index (χ3v) is 5.22. The van der Waals surface area contributed by atoms with Crippen LogP contribution in [0.5, 0.6) is 0 Å². The van der Waals surface area contributed by atoms with Crippen molar-refractivity contribution in [3.63, 3.8) is 0 Å². The van der Waals surface area contributed by atoms with E-state index in [4.69, 9.17) is 5.11 Å². The maximum atomic E-state index is 12.4. The van der Waals surface area contributed by atoms with Crippen molar-refractivity contribution in [3.8, 4) is 0 Å². The Bertz CT molecular complexity index is 410. The summed E-state index contributed by atoms with van der Waals surface area (Å²) in [6.07, 6.45) is 7.54. The number of piperidine rings is 2. The smallest absolute Gasteiger partial charge is 0.323 e. The summed E-state index contributed by atoms with van der Waals surface area (Å²) in [5, 5.41) is 12.0. The zero-order chi connectivity index (χ0) is 15.0. The molecule has 0 radical (unpaired) electrons. The number of carbonyl (C=O) groups is 2. The van der Waals surface area contributed by atoms with Crippen LogP contribution in [-0.4, -0.2) is 64.7 Å². The first-order chi connectivity index (χ1) is 10.0. The molecule has 2 unspecified atom stereocenters. The maximum Gasteiger partial charge on any atom is 0.323 e. The van der Waals surface area contributed by atoms with Crippen molar-refractivity contribution in [3.05, 3.63) is 0 Å². The maximum absolute atomic E-state index is 12.4. The molecule has 2 heterocycles. The van der Waals surface area contributed by atoms with Gasteiger partial charge >= 0.3 is 12.0 Å². The van der Waals surface area contributed by atoms with Crippen LogP contribution in [0, 0.1) is 0 Å². The molecule has 0 aromatic rings. The van der Waals surface area contributed by atoms with Gasteiger partial charge in [0.1, 0.15) is 6.54 Å². The Morgan fingerprint density at radius 1 is 1.19 bits per heavy atom. The SMILES string of the molecule is CN1C2CCCC1CC(NC(=O)N(CC(=O)O)C1CC1)C2. The van der Waals surface area contributed by atoms with Crippen molar-refractivity contribution in [2.45, 2.75) is 69.1 Å². The molecule has 21 heavy (non-hydrogen) atoms. The second-order valence-corrected chi connectivity index (χ2v) is 6.77. The molecule has 2 atom stereocenters. The third kappa shape index (κ3) is 3.31. The highest BCUT2D eigenvalue weighted by Crippen LogP contribution is 2.33. The summed E-state index contributed by atoms with van der Waals surface area (Å²) in [5.74, 6) is -0.933. The number of carbonyl (C=O) groups excluding carboxylic acids is 1. The normalized spacial score (nSPS) is 32.5. The van der Waals surface area contributed by atoms with Crippen LogP contribution in [0.25, 0.3) is 0 Å². The molecule has 0 aromatic carbocycles. The highest BCUT2D eigenvalue weighted by Gasteiger charge is 2.39. The van der Waals surface area contributed by atoms with E-state index in [-0.39, 0.29) is 24.7 Å². The second kappa shape index (κ2) is 5.83. The number of amides is 2. The van der Waals surface area contributed by atoms with Crippen molar-refractivity contribution >= 4 is 12.0 Å². The van der Waals surface area contributed by atoms with Crippen LogP contribution in [0.3, 0.4) is 0 Å². The summed E-state index contributed by atoms with van der Waals surface area (Å²) in [4.78, 5) is 27.2. The summed E-state index contributed by atoms with van der Waals surface area (Å²) >= 11 is 0. The number of fused-ring (bicyclic) bond motifs is 2. The summed E-state index contributed by atoms with van der Waals surface area (Å²) in [5.41, 5.74) is 0. The van der Waals surface area contributed by atoms with Gasteiger partial charge in [0.25, 0.3) is 0 Å². The first-order valence-corrected chi connectivity index (χ1v) is 8.05. The highest BCUT2D eigenvalue weighted by atomic mass is 16.4. The number of hydrogen-bond donors (Lipinski definition) is 2. The molecule has 2 aliphatic heterocycles. The van der Waals surface area contributed by atoms with Gasteiger partial charge in [0.2, 0.25) is 0 Å². The van der Waals surface area contributed by atoms with E-state index in [0.29, 0.717) is 12.1 Å². The lowest BCUT2D eigenvalue weighted by molar-refractivity contribution is -0.137. The molecule has 3 aliphatic rings. The van der Waals surface area contributed by atoms with Gasteiger partial charge < -0.3 is 20.2 Å². The van der Waals surface area contributed by atoms with Crippen LogP contribution >= 0.6 is 0 Å². The lowest BCUT2D eigenvalue weighted by Gasteiger charge is -2.47. The molecule has 1 saturated carbocycles. The molecule has 0 aromatic heterocycles. The Morgan fingerprint density at radius 3 is 2.33 bits per heavy atom. The zero-order valence-electron chi connectivity index (χ0n) is 12.6. The summed E-state index contributed by atoms with van der Waals surface area (Å²) in [6.45, 7) is -0.185. The Balaban J connectivity index is 1.58. The quantitative estimate of drug-likeness (QED) is 0.819. The Morgan fingerprint density at radius 2 is 1.81 bits per heavy atom. The van der Waals surface area contributed by atoms with Crippen LogP contribution in [0.4, 0.5) is 4.79 Å². The monoisotopic (exact) mass is 295 g/mol. The van der Waals surface area contributed by atoms with Gasteiger partial charge in [-0.05, 0) is 45.6 Å². The first kappa shape index (κ1) is 14.6. The summed E-state index contributed by atoms with van der Waals surface area (Å²) < 4.78 is 0. The highest BCUT2D eigenvalue weighted by molar-refractivity contribution is 5.80. The minimum absolute atomic E-state index is 0.131. The molecule has 6 heteroatoms. The Labute approximate surface area is 125 Å². The van der Waals surface area contributed by atoms with Gasteiger partial charge in [-0.1, -0.05) is 6.42 Å². The van der Waals surface area contributed by atoms with Crippen LogP contribution in [0.2, 0.25) is 0 Å². The number of aliphatic carboxylic acids is 1. The van der Waals surface area contributed by atoms with Crippen LogP contribution in [-0.2, 0) is 4.79 Å². The van der Waals surface area contributed by atoms with E-state index in [0.717, 1.165) is 25.7 Å². The molecular weight excluding hydrogens is 270 g/mol. The van der Waals surface area contributed by atoms with Gasteiger partial charge in [-0.3, -0.25) is 4.79 Å². The number of carboxylic acid groups (broad SMARTS) is 1. The predicted octanol–water partition coefficient (Wildman–Crippen LogP) is 1.26. The van der Waals surface area contributed by atoms with Crippen LogP contribution < -0.4 is 5.32 Å². The van der Waals surface area contributed by atoms with Crippen molar-refractivity contribution in [2.24, 2.45) is 0 Å². The van der Waals surface area contributed by atoms with Gasteiger partial charge in [-0.25, -0.2) is 4.79 Å². The fourth-order valence-electron chi connectivity index (χ4n) is 3.89. The molecule has 2 N–H and O–H groups in total. The predicted molar refractivity (Wildman–Crippen MR) is 78.1 cm³/mol. The van der Waals surface area contributed by atoms with E-state index < -0.39 is 5.97 Å². The average molecular weight is 295 g/mol. The van der Waals surface area contributed by atoms with E-state index >= 15 is 0 Å². The lowest BCUT2D eigenvalue weighted by atomic mass is 9.82. The van der Waals surface area contributed by atoms with Crippen molar-refractivity contribution in [2.75, 3.05) is 13.6 Å². The minimum Gasteiger partial charge on any atom is -0.480 e. The Hall–Kier alpha value is -1.30. The van der Waals surface area contributed by atoms with E-state index in [1.54, 1.807) is 0 Å². The molecule has 2 saturated heterocycles. The van der Waals surface area contributed by atoms with Crippen molar-refractivity contribution < 1.29 is 14.7 Å². The standard InChI is InChI=1S/C15H25N3O3/c1-17-12-3-2-4-13(17)8-10(7-12)16-15(21)18(9-14(19)20)11-5-6-11/h10-13H,2-9H2,1H3,(H,16,21)(H,19,20). The minimum atomic E-state index is -0.933. The molecular formula is C15H25N3O3. The molecule has 3 rings (SSSR count). The average Bonchev–Trinajstić information content (AvgIpc) is 3.21. The first-order valence-electron chi connectivity index (χ1n) is 8.05. The number of hydrogen-bond acceptors (Lipinski definition) is 3. The van der Waals surface area contributed by atoms with E-state index in [1.165, 1.54) is 24.2 Å². The van der Waals surface area contributed by atoms with Crippen molar-refractivity contribution in [1.29, 1.82) is 0 Å². The van der Waals surface area contributed by atoms with Crippen molar-refractivity contribution in [1.82, 2.24) is 15.1 Å². The molecule has 0 spiro atoms. The molecule has 2 bridgehead atoms. The van der Waals surface area contributed by atoms with Gasteiger partial charge in [-0.2, -0.15) is 0 Å². The van der Waals surface area contributed by atoms with Crippen LogP contribution in [0.1, 0.15) is 44.9 Å². The van der Waals surface area contributed by atoms with E-state index in [1.807, 2.05) is 0 Å². The van der Waals surface area contributed by atoms with Gasteiger partial charge in [0.05, 0.1) is 0 Å². The van der Waals surface area contributed by atoms with E-state index in [2.05, 4.69) is 17.3 Å². The molecule has 2 amide bonds. The summed E-state index contributed by atoms with van der Waals surface area (Å²) in [7, 11) is 2.19. The molecule has 3 fully saturated rings. The fraction of sp³-hybridized carbons (Fsp3) is 0.867. The van der Waals surface area contributed by atoms with Gasteiger partial charge in [0, 0.05) is 24.2 Å². The number of nitrogens with one attached hydrogen (secondary N) is 1. The number of nitrogens with zero attached hydrogens (tertiary/aromatic N) is 2. The number of rotatable bonds is 4. The molecule has 6 nitrogen and oxygen atoms in total. The lowest BCUT2D eigenvalue weighted by Crippen LogP contribution is -2.57. The van der Waals surface area contributed by atoms with Crippen LogP contribution in [0.15, 0.2) is 0 Å². The Kier molecular flexibility index (Phi) is 4.06. The number of urea groups is 1. The zero-order valence-corrected chi connectivity index (χ0v) is 12.6. The summed E-state index contributed by atoms with van der Waals surface area (Å²) in [6, 6.07) is 1.27. The second-order valence-electron chi connectivity index (χ2n) is 6.77. The topological polar surface area (TPSA) is 72.9 Å². The van der Waals surface area contributed by atoms with Gasteiger partial charge in [-0.15, -0.1) is 0 Å². The number of carboxylic acids is 1. The molecule has 118 valence electrons. The molecule has 1 aliphatic carbocycles. The van der Waals surface area contributed by atoms with E-state index in [9.17, 15) is 9.59 Å².